The lowest BCUT2D eigenvalue weighted by atomic mass is 10.1. The topological polar surface area (TPSA) is 92.3 Å². The number of rotatable bonds is 7. The van der Waals surface area contributed by atoms with Gasteiger partial charge in [0.2, 0.25) is 0 Å². The Morgan fingerprint density at radius 1 is 1.13 bits per heavy atom. The minimum atomic E-state index is -0.496. The van der Waals surface area contributed by atoms with Crippen molar-refractivity contribution in [3.63, 3.8) is 0 Å². The van der Waals surface area contributed by atoms with Gasteiger partial charge in [-0.25, -0.2) is 0 Å². The van der Waals surface area contributed by atoms with Crippen molar-refractivity contribution in [2.75, 3.05) is 7.11 Å². The number of ether oxygens (including phenoxy) is 1. The Hall–Kier alpha value is -4.11. The fourth-order valence-electron chi connectivity index (χ4n) is 2.79. The molecular weight excluding hydrogens is 380 g/mol. The van der Waals surface area contributed by atoms with Gasteiger partial charge >= 0.3 is 0 Å². The highest BCUT2D eigenvalue weighted by atomic mass is 16.5. The summed E-state index contributed by atoms with van der Waals surface area (Å²) in [6, 6.07) is 19.6. The second-order valence-electron chi connectivity index (χ2n) is 6.54. The van der Waals surface area contributed by atoms with Gasteiger partial charge in [0.05, 0.1) is 7.11 Å². The third kappa shape index (κ3) is 5.03. The molecule has 0 aliphatic heterocycles. The van der Waals surface area contributed by atoms with Crippen molar-refractivity contribution >= 4 is 17.8 Å². The summed E-state index contributed by atoms with van der Waals surface area (Å²) >= 11 is 0. The van der Waals surface area contributed by atoms with E-state index < -0.39 is 5.91 Å². The van der Waals surface area contributed by atoms with Gasteiger partial charge < -0.3 is 14.5 Å². The normalized spacial score (nSPS) is 10.9. The lowest BCUT2D eigenvalue weighted by Crippen LogP contribution is -2.23. The number of carbonyl (C=O) groups excluding carboxylic acids is 2. The molecule has 150 valence electrons. The summed E-state index contributed by atoms with van der Waals surface area (Å²) in [6.07, 6.45) is 1.39. The Labute approximate surface area is 174 Å². The SMILES string of the molecule is COc1ccc(CNC(=O)/C(C#N)=C\c2ccc(-c3cccc(C(C)=O)c3)o2)cc1. The Balaban J connectivity index is 1.71. The predicted molar refractivity (Wildman–Crippen MR) is 113 cm³/mol. The summed E-state index contributed by atoms with van der Waals surface area (Å²) in [5.41, 5.74) is 2.13. The summed E-state index contributed by atoms with van der Waals surface area (Å²) < 4.78 is 10.8. The highest BCUT2D eigenvalue weighted by Gasteiger charge is 2.12. The van der Waals surface area contributed by atoms with Gasteiger partial charge in [-0.3, -0.25) is 9.59 Å². The van der Waals surface area contributed by atoms with Crippen molar-refractivity contribution in [1.29, 1.82) is 5.26 Å². The van der Waals surface area contributed by atoms with Crippen molar-refractivity contribution < 1.29 is 18.7 Å². The molecule has 30 heavy (non-hydrogen) atoms. The third-order valence-electron chi connectivity index (χ3n) is 4.44. The molecule has 0 saturated carbocycles. The van der Waals surface area contributed by atoms with Gasteiger partial charge in [0.1, 0.15) is 28.9 Å². The molecule has 2 aromatic carbocycles. The fraction of sp³-hybridized carbons (Fsp3) is 0.125. The smallest absolute Gasteiger partial charge is 0.262 e. The van der Waals surface area contributed by atoms with E-state index in [2.05, 4.69) is 5.32 Å². The van der Waals surface area contributed by atoms with Crippen molar-refractivity contribution in [2.45, 2.75) is 13.5 Å². The monoisotopic (exact) mass is 400 g/mol. The molecule has 1 heterocycles. The number of amides is 1. The van der Waals surface area contributed by atoms with E-state index in [1.807, 2.05) is 24.3 Å². The first-order valence-electron chi connectivity index (χ1n) is 9.24. The number of hydrogen-bond donors (Lipinski definition) is 1. The largest absolute Gasteiger partial charge is 0.497 e. The van der Waals surface area contributed by atoms with Crippen molar-refractivity contribution in [2.24, 2.45) is 0 Å². The zero-order valence-corrected chi connectivity index (χ0v) is 16.6. The minimum Gasteiger partial charge on any atom is -0.497 e. The molecule has 3 rings (SSSR count). The lowest BCUT2D eigenvalue weighted by Gasteiger charge is -2.05. The molecule has 6 nitrogen and oxygen atoms in total. The summed E-state index contributed by atoms with van der Waals surface area (Å²) in [5, 5.41) is 12.1. The molecule has 3 aromatic rings. The number of benzene rings is 2. The van der Waals surface area contributed by atoms with Crippen LogP contribution in [0.5, 0.6) is 5.75 Å². The highest BCUT2D eigenvalue weighted by Crippen LogP contribution is 2.24. The molecule has 0 radical (unpaired) electrons. The van der Waals surface area contributed by atoms with Crippen LogP contribution in [0.1, 0.15) is 28.6 Å². The molecule has 0 unspecified atom stereocenters. The summed E-state index contributed by atoms with van der Waals surface area (Å²) in [4.78, 5) is 23.9. The van der Waals surface area contributed by atoms with Crippen molar-refractivity contribution in [3.05, 3.63) is 83.1 Å². The van der Waals surface area contributed by atoms with E-state index in [9.17, 15) is 14.9 Å². The van der Waals surface area contributed by atoms with Gasteiger partial charge in [-0.05, 0) is 42.8 Å². The predicted octanol–water partition coefficient (Wildman–Crippen LogP) is 4.38. The maximum Gasteiger partial charge on any atom is 0.262 e. The Morgan fingerprint density at radius 3 is 2.57 bits per heavy atom. The van der Waals surface area contributed by atoms with Crippen LogP contribution in [0.4, 0.5) is 0 Å². The van der Waals surface area contributed by atoms with Gasteiger partial charge in [-0.15, -0.1) is 0 Å². The van der Waals surface area contributed by atoms with Gasteiger partial charge in [0, 0.05) is 23.7 Å². The van der Waals surface area contributed by atoms with Gasteiger partial charge in [-0.1, -0.05) is 30.3 Å². The van der Waals surface area contributed by atoms with Crippen LogP contribution in [-0.2, 0) is 11.3 Å². The van der Waals surface area contributed by atoms with Crippen LogP contribution >= 0.6 is 0 Å². The van der Waals surface area contributed by atoms with Gasteiger partial charge in [0.25, 0.3) is 5.91 Å². The van der Waals surface area contributed by atoms with Gasteiger partial charge in [-0.2, -0.15) is 5.26 Å². The zero-order chi connectivity index (χ0) is 21.5. The van der Waals surface area contributed by atoms with Crippen molar-refractivity contribution in [1.82, 2.24) is 5.32 Å². The Bertz CT molecular complexity index is 1130. The molecule has 0 atom stereocenters. The number of nitrogens with one attached hydrogen (secondary N) is 1. The zero-order valence-electron chi connectivity index (χ0n) is 16.6. The summed E-state index contributed by atoms with van der Waals surface area (Å²) in [7, 11) is 1.58. The van der Waals surface area contributed by atoms with E-state index in [0.29, 0.717) is 17.1 Å². The number of nitrogens with zero attached hydrogens (tertiary/aromatic N) is 1. The summed E-state index contributed by atoms with van der Waals surface area (Å²) in [6.45, 7) is 1.78. The minimum absolute atomic E-state index is 0.0381. The maximum absolute atomic E-state index is 12.4. The van der Waals surface area contributed by atoms with Crippen LogP contribution in [0.2, 0.25) is 0 Å². The molecular formula is C24H20N2O4. The van der Waals surface area contributed by atoms with Crippen LogP contribution in [0.25, 0.3) is 17.4 Å². The lowest BCUT2D eigenvalue weighted by molar-refractivity contribution is -0.117. The van der Waals surface area contributed by atoms with Crippen LogP contribution in [0.3, 0.4) is 0 Å². The molecule has 1 amide bonds. The molecule has 0 fully saturated rings. The number of furan rings is 1. The van der Waals surface area contributed by atoms with Crippen LogP contribution in [-0.4, -0.2) is 18.8 Å². The Morgan fingerprint density at radius 2 is 1.90 bits per heavy atom. The quantitative estimate of drug-likeness (QED) is 0.361. The molecule has 0 aliphatic carbocycles. The number of ketones is 1. The number of carbonyl (C=O) groups is 2. The second kappa shape index (κ2) is 9.39. The first-order valence-corrected chi connectivity index (χ1v) is 9.24. The molecule has 1 aromatic heterocycles. The van der Waals surface area contributed by atoms with E-state index in [1.54, 1.807) is 49.6 Å². The summed E-state index contributed by atoms with van der Waals surface area (Å²) in [5.74, 6) is 1.11. The maximum atomic E-state index is 12.4. The first-order chi connectivity index (χ1) is 14.5. The molecule has 0 bridgehead atoms. The van der Waals surface area contributed by atoms with E-state index in [0.717, 1.165) is 16.9 Å². The standard InChI is InChI=1S/C24H20N2O4/c1-16(27)18-4-3-5-19(12-18)23-11-10-22(30-23)13-20(14-25)24(28)26-15-17-6-8-21(29-2)9-7-17/h3-13H,15H2,1-2H3,(H,26,28)/b20-13-. The van der Waals surface area contributed by atoms with Crippen molar-refractivity contribution in [3.8, 4) is 23.1 Å². The van der Waals surface area contributed by atoms with Crippen LogP contribution in [0, 0.1) is 11.3 Å². The van der Waals surface area contributed by atoms with Gasteiger partial charge in [0.15, 0.2) is 5.78 Å². The highest BCUT2D eigenvalue weighted by molar-refractivity contribution is 6.01. The molecule has 0 saturated heterocycles. The number of methoxy groups -OCH3 is 1. The van der Waals surface area contributed by atoms with Crippen LogP contribution in [0.15, 0.2) is 70.7 Å². The second-order valence-corrected chi connectivity index (χ2v) is 6.54. The average Bonchev–Trinajstić information content (AvgIpc) is 3.25. The van der Waals surface area contributed by atoms with E-state index in [-0.39, 0.29) is 17.9 Å². The Kier molecular flexibility index (Phi) is 6.46. The van der Waals surface area contributed by atoms with E-state index in [1.165, 1.54) is 13.0 Å². The molecule has 0 aliphatic rings. The fourth-order valence-corrected chi connectivity index (χ4v) is 2.79. The molecule has 0 spiro atoms. The number of Topliss-reactive ketones (excluding diaryl/α,β-unsaturated/α-hetero) is 1. The average molecular weight is 400 g/mol. The molecule has 6 heteroatoms. The first kappa shape index (κ1) is 20.6. The van der Waals surface area contributed by atoms with Crippen LogP contribution < -0.4 is 10.1 Å². The number of hydrogen-bond acceptors (Lipinski definition) is 5. The van der Waals surface area contributed by atoms with E-state index in [4.69, 9.17) is 9.15 Å². The van der Waals surface area contributed by atoms with E-state index >= 15 is 0 Å². The molecule has 1 N–H and O–H groups in total. The number of nitriles is 1. The third-order valence-corrected chi connectivity index (χ3v) is 4.44.